The molecule has 0 aliphatic carbocycles. The highest BCUT2D eigenvalue weighted by molar-refractivity contribution is 9.11. The molecule has 1 aromatic carbocycles. The molecule has 0 radical (unpaired) electrons. The molecular formula is C10H9BrO. The minimum atomic E-state index is 0.0324. The van der Waals surface area contributed by atoms with Crippen molar-refractivity contribution in [1.29, 1.82) is 0 Å². The van der Waals surface area contributed by atoms with Gasteiger partial charge in [0.25, 0.3) is 0 Å². The van der Waals surface area contributed by atoms with Crippen LogP contribution in [0.15, 0.2) is 40.9 Å². The van der Waals surface area contributed by atoms with E-state index in [1.54, 1.807) is 18.2 Å². The third-order valence-corrected chi connectivity index (χ3v) is 1.62. The lowest BCUT2D eigenvalue weighted by atomic mass is 10.1. The molecule has 0 aliphatic heterocycles. The van der Waals surface area contributed by atoms with E-state index >= 15 is 0 Å². The van der Waals surface area contributed by atoms with Crippen molar-refractivity contribution in [2.45, 2.75) is 6.92 Å². The van der Waals surface area contributed by atoms with Crippen LogP contribution in [0.1, 0.15) is 17.3 Å². The molecule has 0 unspecified atom stereocenters. The van der Waals surface area contributed by atoms with Crippen molar-refractivity contribution in [1.82, 2.24) is 0 Å². The molecule has 12 heavy (non-hydrogen) atoms. The van der Waals surface area contributed by atoms with Gasteiger partial charge in [-0.25, -0.2) is 0 Å². The third-order valence-electron chi connectivity index (χ3n) is 1.39. The molecule has 0 aliphatic rings. The minimum Gasteiger partial charge on any atom is -0.289 e. The van der Waals surface area contributed by atoms with E-state index in [9.17, 15) is 4.79 Å². The lowest BCUT2D eigenvalue weighted by Gasteiger charge is -1.93. The molecule has 62 valence electrons. The highest BCUT2D eigenvalue weighted by Crippen LogP contribution is 2.06. The normalized spacial score (nSPS) is 11.3. The lowest BCUT2D eigenvalue weighted by Crippen LogP contribution is -1.92. The van der Waals surface area contributed by atoms with E-state index in [0.29, 0.717) is 0 Å². The van der Waals surface area contributed by atoms with Gasteiger partial charge in [-0.15, -0.1) is 0 Å². The molecule has 0 bridgehead atoms. The van der Waals surface area contributed by atoms with Gasteiger partial charge in [0.1, 0.15) is 0 Å². The number of carbonyl (C=O) groups excluding carboxylic acids is 1. The van der Waals surface area contributed by atoms with Crippen LogP contribution in [-0.4, -0.2) is 5.78 Å². The second kappa shape index (κ2) is 4.21. The van der Waals surface area contributed by atoms with E-state index in [0.717, 1.165) is 10.0 Å². The number of benzene rings is 1. The second-order valence-electron chi connectivity index (χ2n) is 2.46. The zero-order chi connectivity index (χ0) is 8.97. The molecule has 0 aromatic heterocycles. The molecule has 0 saturated carbocycles. The Bertz CT molecular complexity index is 297. The predicted molar refractivity (Wildman–Crippen MR) is 53.5 cm³/mol. The summed E-state index contributed by atoms with van der Waals surface area (Å²) in [4.78, 5) is 11.3. The van der Waals surface area contributed by atoms with Crippen LogP contribution in [0.4, 0.5) is 0 Å². The van der Waals surface area contributed by atoms with Crippen LogP contribution >= 0.6 is 15.9 Å². The van der Waals surface area contributed by atoms with E-state index in [-0.39, 0.29) is 5.78 Å². The summed E-state index contributed by atoms with van der Waals surface area (Å²) in [5.74, 6) is 0.0324. The van der Waals surface area contributed by atoms with E-state index in [1.807, 2.05) is 25.1 Å². The quantitative estimate of drug-likeness (QED) is 0.558. The largest absolute Gasteiger partial charge is 0.289 e. The highest BCUT2D eigenvalue weighted by Gasteiger charge is 1.99. The summed E-state index contributed by atoms with van der Waals surface area (Å²) in [7, 11) is 0. The fraction of sp³-hybridized carbons (Fsp3) is 0.100. The van der Waals surface area contributed by atoms with Crippen molar-refractivity contribution in [2.75, 3.05) is 0 Å². The zero-order valence-electron chi connectivity index (χ0n) is 6.75. The molecular weight excluding hydrogens is 216 g/mol. The molecule has 0 spiro atoms. The van der Waals surface area contributed by atoms with E-state index in [2.05, 4.69) is 15.9 Å². The zero-order valence-corrected chi connectivity index (χ0v) is 8.34. The van der Waals surface area contributed by atoms with Gasteiger partial charge in [0.15, 0.2) is 5.78 Å². The second-order valence-corrected chi connectivity index (χ2v) is 3.71. The number of hydrogen-bond acceptors (Lipinski definition) is 1. The Morgan fingerprint density at radius 2 is 1.92 bits per heavy atom. The van der Waals surface area contributed by atoms with Crippen molar-refractivity contribution in [3.05, 3.63) is 46.5 Å². The average molecular weight is 225 g/mol. The summed E-state index contributed by atoms with van der Waals surface area (Å²) in [5, 5.41) is 0. The number of allylic oxidation sites excluding steroid dienone is 2. The Labute approximate surface area is 80.2 Å². The van der Waals surface area contributed by atoms with Gasteiger partial charge in [0.2, 0.25) is 0 Å². The van der Waals surface area contributed by atoms with Crippen molar-refractivity contribution in [3.63, 3.8) is 0 Å². The van der Waals surface area contributed by atoms with Gasteiger partial charge in [-0.05, 0) is 17.5 Å². The van der Waals surface area contributed by atoms with Crippen LogP contribution in [0.3, 0.4) is 0 Å². The van der Waals surface area contributed by atoms with Gasteiger partial charge in [0.05, 0.1) is 0 Å². The van der Waals surface area contributed by atoms with Gasteiger partial charge in [-0.2, -0.15) is 0 Å². The van der Waals surface area contributed by atoms with Gasteiger partial charge in [-0.3, -0.25) is 4.79 Å². The Morgan fingerprint density at radius 3 is 2.42 bits per heavy atom. The Hall–Kier alpha value is -0.890. The summed E-state index contributed by atoms with van der Waals surface area (Å²) in [6.45, 7) is 1.83. The van der Waals surface area contributed by atoms with E-state index in [1.165, 1.54) is 0 Å². The fourth-order valence-corrected chi connectivity index (χ4v) is 1.07. The maximum absolute atomic E-state index is 11.3. The molecule has 0 fully saturated rings. The first-order chi connectivity index (χ1) is 5.70. The van der Waals surface area contributed by atoms with Crippen LogP contribution in [0, 0.1) is 0 Å². The molecule has 0 atom stereocenters. The summed E-state index contributed by atoms with van der Waals surface area (Å²) in [5.41, 5.74) is 0.719. The predicted octanol–water partition coefficient (Wildman–Crippen LogP) is 3.17. The first kappa shape index (κ1) is 9.20. The lowest BCUT2D eigenvalue weighted by molar-refractivity contribution is 0.104. The van der Waals surface area contributed by atoms with Crippen molar-refractivity contribution >= 4 is 21.7 Å². The molecule has 2 heteroatoms. The number of halogens is 1. The number of hydrogen-bond donors (Lipinski definition) is 0. The van der Waals surface area contributed by atoms with Gasteiger partial charge < -0.3 is 0 Å². The topological polar surface area (TPSA) is 17.1 Å². The molecule has 0 saturated heterocycles. The minimum absolute atomic E-state index is 0.0324. The SMILES string of the molecule is C/C(Br)=C\C(=O)c1ccccc1. The number of carbonyl (C=O) groups is 1. The highest BCUT2D eigenvalue weighted by atomic mass is 79.9. The van der Waals surface area contributed by atoms with Gasteiger partial charge in [0, 0.05) is 5.56 Å². The molecule has 0 N–H and O–H groups in total. The average Bonchev–Trinajstić information content (AvgIpc) is 2.05. The first-order valence-corrected chi connectivity index (χ1v) is 4.42. The van der Waals surface area contributed by atoms with Crippen LogP contribution in [0.5, 0.6) is 0 Å². The van der Waals surface area contributed by atoms with Gasteiger partial charge >= 0.3 is 0 Å². The Morgan fingerprint density at radius 1 is 1.33 bits per heavy atom. The number of rotatable bonds is 2. The summed E-state index contributed by atoms with van der Waals surface area (Å²) < 4.78 is 0.844. The maximum atomic E-state index is 11.3. The van der Waals surface area contributed by atoms with Crippen LogP contribution in [0.25, 0.3) is 0 Å². The number of ketones is 1. The van der Waals surface area contributed by atoms with E-state index < -0.39 is 0 Å². The molecule has 0 amide bonds. The van der Waals surface area contributed by atoms with Crippen molar-refractivity contribution in [3.8, 4) is 0 Å². The molecule has 0 heterocycles. The van der Waals surface area contributed by atoms with Crippen LogP contribution in [-0.2, 0) is 0 Å². The molecule has 1 nitrogen and oxygen atoms in total. The standard InChI is InChI=1S/C10H9BrO/c1-8(11)7-10(12)9-5-3-2-4-6-9/h2-7H,1H3/b8-7+. The fourth-order valence-electron chi connectivity index (χ4n) is 0.866. The molecule has 1 rings (SSSR count). The Balaban J connectivity index is 2.87. The Kier molecular flexibility index (Phi) is 3.23. The third kappa shape index (κ3) is 2.62. The smallest absolute Gasteiger partial charge is 0.186 e. The van der Waals surface area contributed by atoms with Crippen LogP contribution < -0.4 is 0 Å². The van der Waals surface area contributed by atoms with Crippen molar-refractivity contribution in [2.24, 2.45) is 0 Å². The summed E-state index contributed by atoms with van der Waals surface area (Å²) in [6, 6.07) is 9.19. The summed E-state index contributed by atoms with van der Waals surface area (Å²) >= 11 is 3.21. The summed E-state index contributed by atoms with van der Waals surface area (Å²) in [6.07, 6.45) is 1.56. The van der Waals surface area contributed by atoms with Crippen LogP contribution in [0.2, 0.25) is 0 Å². The molecule has 1 aromatic rings. The monoisotopic (exact) mass is 224 g/mol. The van der Waals surface area contributed by atoms with Gasteiger partial charge in [-0.1, -0.05) is 46.3 Å². The van der Waals surface area contributed by atoms with E-state index in [4.69, 9.17) is 0 Å². The van der Waals surface area contributed by atoms with Crippen molar-refractivity contribution < 1.29 is 4.79 Å². The maximum Gasteiger partial charge on any atom is 0.186 e. The first-order valence-electron chi connectivity index (χ1n) is 3.63.